The van der Waals surface area contributed by atoms with Crippen LogP contribution in [0.25, 0.3) is 0 Å². The van der Waals surface area contributed by atoms with Crippen molar-refractivity contribution in [3.8, 4) is 11.8 Å². The minimum absolute atomic E-state index is 0.173. The first-order valence-electron chi connectivity index (χ1n) is 8.73. The first-order chi connectivity index (χ1) is 12.9. The molecule has 0 bridgehead atoms. The van der Waals surface area contributed by atoms with Crippen LogP contribution in [0, 0.1) is 17.2 Å². The first-order valence-corrected chi connectivity index (χ1v) is 10.2. The van der Waals surface area contributed by atoms with Crippen molar-refractivity contribution in [3.05, 3.63) is 59.7 Å². The standard InChI is InChI=1S/C20H20N2O4S/c1-15-3-2-12-22(14-15)27(24,25)19-10-6-17(7-11-19)20(23)26-18-8-4-16(13-21)5-9-18/h4-11,15H,2-3,12,14H2,1H3/t15-/m1/s1. The SMILES string of the molecule is C[C@@H]1CCCN(S(=O)(=O)c2ccc(C(=O)Oc3ccc(C#N)cc3)cc2)C1. The number of benzene rings is 2. The average molecular weight is 384 g/mol. The summed E-state index contributed by atoms with van der Waals surface area (Å²) in [4.78, 5) is 12.4. The minimum Gasteiger partial charge on any atom is -0.423 e. The zero-order valence-corrected chi connectivity index (χ0v) is 15.8. The van der Waals surface area contributed by atoms with Crippen molar-refractivity contribution < 1.29 is 17.9 Å². The highest BCUT2D eigenvalue weighted by Gasteiger charge is 2.28. The van der Waals surface area contributed by atoms with Crippen molar-refractivity contribution in [2.24, 2.45) is 5.92 Å². The van der Waals surface area contributed by atoms with Crippen molar-refractivity contribution in [2.75, 3.05) is 13.1 Å². The van der Waals surface area contributed by atoms with Gasteiger partial charge in [-0.1, -0.05) is 6.92 Å². The highest BCUT2D eigenvalue weighted by Crippen LogP contribution is 2.24. The van der Waals surface area contributed by atoms with Gasteiger partial charge >= 0.3 is 5.97 Å². The molecule has 2 aromatic carbocycles. The molecule has 6 nitrogen and oxygen atoms in total. The second kappa shape index (κ2) is 7.91. The van der Waals surface area contributed by atoms with Crippen LogP contribution in [0.3, 0.4) is 0 Å². The van der Waals surface area contributed by atoms with Crippen LogP contribution in [-0.4, -0.2) is 31.8 Å². The van der Waals surface area contributed by atoms with Gasteiger partial charge < -0.3 is 4.74 Å². The van der Waals surface area contributed by atoms with Gasteiger partial charge in [-0.3, -0.25) is 0 Å². The Morgan fingerprint density at radius 3 is 2.41 bits per heavy atom. The molecule has 7 heteroatoms. The minimum atomic E-state index is -3.55. The number of sulfonamides is 1. The molecule has 0 radical (unpaired) electrons. The van der Waals surface area contributed by atoms with Crippen molar-refractivity contribution in [1.82, 2.24) is 4.31 Å². The van der Waals surface area contributed by atoms with Crippen LogP contribution in [-0.2, 0) is 10.0 Å². The molecule has 27 heavy (non-hydrogen) atoms. The van der Waals surface area contributed by atoms with Crippen LogP contribution in [0.2, 0.25) is 0 Å². The number of nitriles is 1. The molecule has 1 aliphatic heterocycles. The van der Waals surface area contributed by atoms with Gasteiger partial charge in [0.15, 0.2) is 0 Å². The van der Waals surface area contributed by atoms with Crippen LogP contribution in [0.5, 0.6) is 5.75 Å². The lowest BCUT2D eigenvalue weighted by Crippen LogP contribution is -2.39. The summed E-state index contributed by atoms with van der Waals surface area (Å²) < 4.78 is 32.3. The van der Waals surface area contributed by atoms with E-state index in [0.717, 1.165) is 12.8 Å². The molecular weight excluding hydrogens is 364 g/mol. The van der Waals surface area contributed by atoms with E-state index in [1.165, 1.54) is 40.7 Å². The van der Waals surface area contributed by atoms with Crippen molar-refractivity contribution in [3.63, 3.8) is 0 Å². The summed E-state index contributed by atoms with van der Waals surface area (Å²) in [6.45, 7) is 3.09. The predicted molar refractivity (Wildman–Crippen MR) is 99.7 cm³/mol. The molecule has 1 aliphatic rings. The van der Waals surface area contributed by atoms with Crippen LogP contribution >= 0.6 is 0 Å². The van der Waals surface area contributed by atoms with Crippen LogP contribution in [0.4, 0.5) is 0 Å². The summed E-state index contributed by atoms with van der Waals surface area (Å²) in [6.07, 6.45) is 1.89. The lowest BCUT2D eigenvalue weighted by atomic mass is 10.0. The number of hydrogen-bond acceptors (Lipinski definition) is 5. The molecule has 0 aromatic heterocycles. The van der Waals surface area contributed by atoms with Gasteiger partial charge in [0.25, 0.3) is 0 Å². The molecule has 0 aliphatic carbocycles. The third kappa shape index (κ3) is 4.35. The molecule has 0 unspecified atom stereocenters. The third-order valence-electron chi connectivity index (χ3n) is 4.54. The topological polar surface area (TPSA) is 87.5 Å². The number of hydrogen-bond donors (Lipinski definition) is 0. The molecule has 0 saturated carbocycles. The van der Waals surface area contributed by atoms with Crippen LogP contribution in [0.15, 0.2) is 53.4 Å². The molecule has 1 heterocycles. The highest BCUT2D eigenvalue weighted by atomic mass is 32.2. The van der Waals surface area contributed by atoms with Gasteiger partial charge in [-0.2, -0.15) is 9.57 Å². The normalized spacial score (nSPS) is 17.9. The van der Waals surface area contributed by atoms with Crippen molar-refractivity contribution >= 4 is 16.0 Å². The Labute approximate surface area is 159 Å². The largest absolute Gasteiger partial charge is 0.423 e. The molecule has 3 rings (SSSR count). The van der Waals surface area contributed by atoms with Crippen LogP contribution < -0.4 is 4.74 Å². The lowest BCUT2D eigenvalue weighted by Gasteiger charge is -2.30. The first kappa shape index (κ1) is 19.1. The molecule has 1 fully saturated rings. The quantitative estimate of drug-likeness (QED) is 0.597. The Morgan fingerprint density at radius 2 is 1.81 bits per heavy atom. The molecule has 1 atom stereocenters. The van der Waals surface area contributed by atoms with E-state index in [4.69, 9.17) is 10.00 Å². The lowest BCUT2D eigenvalue weighted by molar-refractivity contribution is 0.0734. The molecule has 0 spiro atoms. The van der Waals surface area contributed by atoms with E-state index in [1.807, 2.05) is 13.0 Å². The molecule has 2 aromatic rings. The maximum absolute atomic E-state index is 12.7. The number of nitrogens with zero attached hydrogens (tertiary/aromatic N) is 2. The summed E-state index contributed by atoms with van der Waals surface area (Å²) >= 11 is 0. The Kier molecular flexibility index (Phi) is 5.59. The van der Waals surface area contributed by atoms with E-state index >= 15 is 0 Å². The van der Waals surface area contributed by atoms with E-state index in [1.54, 1.807) is 12.1 Å². The fourth-order valence-corrected chi connectivity index (χ4v) is 4.64. The molecular formula is C20H20N2O4S. The Hall–Kier alpha value is -2.69. The Morgan fingerprint density at radius 1 is 1.15 bits per heavy atom. The summed E-state index contributed by atoms with van der Waals surface area (Å²) in [6, 6.07) is 13.9. The van der Waals surface area contributed by atoms with E-state index in [0.29, 0.717) is 30.3 Å². The summed E-state index contributed by atoms with van der Waals surface area (Å²) in [5.41, 5.74) is 0.724. The summed E-state index contributed by atoms with van der Waals surface area (Å²) in [5.74, 6) is 0.0726. The number of ether oxygens (including phenoxy) is 1. The fraction of sp³-hybridized carbons (Fsp3) is 0.300. The number of esters is 1. The van der Waals surface area contributed by atoms with E-state index in [9.17, 15) is 13.2 Å². The number of carbonyl (C=O) groups excluding carboxylic acids is 1. The van der Waals surface area contributed by atoms with E-state index in [2.05, 4.69) is 0 Å². The molecule has 140 valence electrons. The van der Waals surface area contributed by atoms with Gasteiger partial charge in [0.05, 0.1) is 22.1 Å². The van der Waals surface area contributed by atoms with Crippen molar-refractivity contribution in [2.45, 2.75) is 24.7 Å². The second-order valence-electron chi connectivity index (χ2n) is 6.66. The number of rotatable bonds is 4. The monoisotopic (exact) mass is 384 g/mol. The maximum Gasteiger partial charge on any atom is 0.343 e. The zero-order chi connectivity index (χ0) is 19.4. The predicted octanol–water partition coefficient (Wildman–Crippen LogP) is 3.20. The Balaban J connectivity index is 1.72. The van der Waals surface area contributed by atoms with Crippen LogP contribution in [0.1, 0.15) is 35.7 Å². The zero-order valence-electron chi connectivity index (χ0n) is 15.0. The average Bonchev–Trinajstić information content (AvgIpc) is 2.68. The smallest absolute Gasteiger partial charge is 0.343 e. The summed E-state index contributed by atoms with van der Waals surface area (Å²) in [7, 11) is -3.55. The van der Waals surface area contributed by atoms with Gasteiger partial charge in [-0.15, -0.1) is 0 Å². The van der Waals surface area contributed by atoms with E-state index in [-0.39, 0.29) is 10.5 Å². The number of piperidine rings is 1. The van der Waals surface area contributed by atoms with Crippen molar-refractivity contribution in [1.29, 1.82) is 5.26 Å². The Bertz CT molecular complexity index is 961. The van der Waals surface area contributed by atoms with Gasteiger partial charge in [-0.05, 0) is 67.3 Å². The second-order valence-corrected chi connectivity index (χ2v) is 8.60. The molecule has 0 amide bonds. The third-order valence-corrected chi connectivity index (χ3v) is 6.42. The molecule has 1 saturated heterocycles. The maximum atomic E-state index is 12.7. The number of carbonyl (C=O) groups is 1. The van der Waals surface area contributed by atoms with Gasteiger partial charge in [0.2, 0.25) is 10.0 Å². The molecule has 0 N–H and O–H groups in total. The van der Waals surface area contributed by atoms with Gasteiger partial charge in [0.1, 0.15) is 5.75 Å². The fourth-order valence-electron chi connectivity index (χ4n) is 3.04. The highest BCUT2D eigenvalue weighted by molar-refractivity contribution is 7.89. The van der Waals surface area contributed by atoms with Gasteiger partial charge in [0, 0.05) is 13.1 Å². The van der Waals surface area contributed by atoms with E-state index < -0.39 is 16.0 Å². The summed E-state index contributed by atoms with van der Waals surface area (Å²) in [5, 5.41) is 8.78. The van der Waals surface area contributed by atoms with Gasteiger partial charge in [-0.25, -0.2) is 13.2 Å².